The van der Waals surface area contributed by atoms with Crippen LogP contribution in [0.4, 0.5) is 0 Å². The van der Waals surface area contributed by atoms with Crippen molar-refractivity contribution < 1.29 is 8.42 Å². The first-order valence-electron chi connectivity index (χ1n) is 6.82. The summed E-state index contributed by atoms with van der Waals surface area (Å²) in [5, 5.41) is 2.99. The first-order valence-corrected chi connectivity index (χ1v) is 8.26. The minimum atomic E-state index is -3.67. The molecule has 1 aromatic carbocycles. The van der Waals surface area contributed by atoms with Gasteiger partial charge in [-0.05, 0) is 32.2 Å². The van der Waals surface area contributed by atoms with E-state index in [9.17, 15) is 8.42 Å². The van der Waals surface area contributed by atoms with Gasteiger partial charge in [0.15, 0.2) is 5.65 Å². The third kappa shape index (κ3) is 2.49. The molecule has 2 aromatic heterocycles. The molecule has 0 aliphatic carbocycles. The summed E-state index contributed by atoms with van der Waals surface area (Å²) in [6, 6.07) is 8.40. The maximum absolute atomic E-state index is 12.7. The fraction of sp³-hybridized carbons (Fsp3) is 0.200. The van der Waals surface area contributed by atoms with Crippen LogP contribution in [0.25, 0.3) is 11.2 Å². The molecule has 0 aliphatic heterocycles. The fourth-order valence-corrected chi connectivity index (χ4v) is 3.51. The maximum atomic E-state index is 12.7. The van der Waals surface area contributed by atoms with Crippen LogP contribution < -0.4 is 5.32 Å². The second-order valence-electron chi connectivity index (χ2n) is 5.03. The molecule has 0 spiro atoms. The van der Waals surface area contributed by atoms with E-state index in [4.69, 9.17) is 0 Å². The number of rotatable bonds is 4. The molecule has 0 unspecified atom stereocenters. The Morgan fingerprint density at radius 2 is 1.91 bits per heavy atom. The van der Waals surface area contributed by atoms with Crippen LogP contribution in [-0.2, 0) is 16.6 Å². The van der Waals surface area contributed by atoms with Crippen LogP contribution in [0, 0.1) is 6.92 Å². The molecule has 3 aromatic rings. The summed E-state index contributed by atoms with van der Waals surface area (Å²) in [6.45, 7) is 2.50. The van der Waals surface area contributed by atoms with E-state index in [0.717, 1.165) is 11.3 Å². The Kier molecular flexibility index (Phi) is 3.67. The molecule has 0 bridgehead atoms. The lowest BCUT2D eigenvalue weighted by atomic mass is 10.2. The zero-order chi connectivity index (χ0) is 15.7. The Hall–Kier alpha value is -2.25. The van der Waals surface area contributed by atoms with Crippen LogP contribution >= 0.6 is 0 Å². The molecule has 2 heterocycles. The predicted molar refractivity (Wildman–Crippen MR) is 84.1 cm³/mol. The van der Waals surface area contributed by atoms with Crippen LogP contribution in [0.1, 0.15) is 11.3 Å². The smallest absolute Gasteiger partial charge is 0.269 e. The third-order valence-corrected chi connectivity index (χ3v) is 5.02. The first-order chi connectivity index (χ1) is 10.5. The molecule has 0 saturated heterocycles. The van der Waals surface area contributed by atoms with E-state index < -0.39 is 10.0 Å². The van der Waals surface area contributed by atoms with Gasteiger partial charge in [-0.2, -0.15) is 0 Å². The standard InChI is InChI=1S/C15H16N4O2S/c1-11-3-5-13(6-4-11)22(20,21)19-8-7-14-15(19)17-10-12(18-14)9-16-2/h3-8,10,16H,9H2,1-2H3. The molecule has 0 aliphatic rings. The fourth-order valence-electron chi connectivity index (χ4n) is 2.21. The van der Waals surface area contributed by atoms with E-state index >= 15 is 0 Å². The largest absolute Gasteiger partial charge is 0.314 e. The number of fused-ring (bicyclic) bond motifs is 1. The van der Waals surface area contributed by atoms with Gasteiger partial charge >= 0.3 is 0 Å². The van der Waals surface area contributed by atoms with Crippen molar-refractivity contribution in [2.24, 2.45) is 0 Å². The number of hydrogen-bond donors (Lipinski definition) is 1. The van der Waals surface area contributed by atoms with Crippen molar-refractivity contribution in [1.29, 1.82) is 0 Å². The minimum Gasteiger partial charge on any atom is -0.314 e. The van der Waals surface area contributed by atoms with E-state index in [0.29, 0.717) is 17.7 Å². The molecule has 0 radical (unpaired) electrons. The lowest BCUT2D eigenvalue weighted by molar-refractivity contribution is 0.588. The highest BCUT2D eigenvalue weighted by molar-refractivity contribution is 7.90. The average molecular weight is 316 g/mol. The summed E-state index contributed by atoms with van der Waals surface area (Å²) in [4.78, 5) is 8.88. The SMILES string of the molecule is CNCc1cnc2c(ccn2S(=O)(=O)c2ccc(C)cc2)n1. The van der Waals surface area contributed by atoms with Gasteiger partial charge in [0.05, 0.1) is 16.8 Å². The van der Waals surface area contributed by atoms with Gasteiger partial charge in [0.2, 0.25) is 0 Å². The molecule has 3 rings (SSSR count). The number of nitrogens with one attached hydrogen (secondary N) is 1. The first kappa shape index (κ1) is 14.7. The number of aromatic nitrogens is 3. The van der Waals surface area contributed by atoms with Crippen molar-refractivity contribution in [2.75, 3.05) is 7.05 Å². The third-order valence-electron chi connectivity index (χ3n) is 3.34. The number of benzene rings is 1. The summed E-state index contributed by atoms with van der Waals surface area (Å²) in [5.41, 5.74) is 2.66. The summed E-state index contributed by atoms with van der Waals surface area (Å²) >= 11 is 0. The molecular weight excluding hydrogens is 300 g/mol. The van der Waals surface area contributed by atoms with Crippen molar-refractivity contribution >= 4 is 21.2 Å². The van der Waals surface area contributed by atoms with Gasteiger partial charge in [0.25, 0.3) is 10.0 Å². The summed E-state index contributed by atoms with van der Waals surface area (Å²) in [5.74, 6) is 0. The number of nitrogens with zero attached hydrogens (tertiary/aromatic N) is 3. The van der Waals surface area contributed by atoms with Crippen molar-refractivity contribution in [3.63, 3.8) is 0 Å². The van der Waals surface area contributed by atoms with Crippen molar-refractivity contribution in [2.45, 2.75) is 18.4 Å². The van der Waals surface area contributed by atoms with Gasteiger partial charge in [-0.3, -0.25) is 0 Å². The van der Waals surface area contributed by atoms with Gasteiger partial charge in [-0.15, -0.1) is 0 Å². The van der Waals surface area contributed by atoms with Crippen molar-refractivity contribution in [3.8, 4) is 0 Å². The highest BCUT2D eigenvalue weighted by Gasteiger charge is 2.20. The zero-order valence-corrected chi connectivity index (χ0v) is 13.1. The molecule has 6 nitrogen and oxygen atoms in total. The van der Waals surface area contributed by atoms with Crippen LogP contribution in [0.3, 0.4) is 0 Å². The number of hydrogen-bond acceptors (Lipinski definition) is 5. The second-order valence-corrected chi connectivity index (χ2v) is 6.85. The normalized spacial score (nSPS) is 11.9. The Morgan fingerprint density at radius 3 is 2.59 bits per heavy atom. The molecule has 0 fully saturated rings. The Labute approximate surface area is 128 Å². The van der Waals surface area contributed by atoms with E-state index in [1.165, 1.54) is 10.2 Å². The van der Waals surface area contributed by atoms with Gasteiger partial charge in [-0.25, -0.2) is 22.4 Å². The monoisotopic (exact) mass is 316 g/mol. The zero-order valence-electron chi connectivity index (χ0n) is 12.3. The van der Waals surface area contributed by atoms with Gasteiger partial charge in [0.1, 0.15) is 5.52 Å². The lowest BCUT2D eigenvalue weighted by Crippen LogP contribution is -2.13. The molecule has 114 valence electrons. The van der Waals surface area contributed by atoms with E-state index in [-0.39, 0.29) is 4.90 Å². The molecule has 0 saturated carbocycles. The highest BCUT2D eigenvalue weighted by atomic mass is 32.2. The van der Waals surface area contributed by atoms with Crippen molar-refractivity contribution in [3.05, 3.63) is 54.0 Å². The molecule has 0 amide bonds. The van der Waals surface area contributed by atoms with Gasteiger partial charge < -0.3 is 5.32 Å². The maximum Gasteiger partial charge on any atom is 0.269 e. The second kappa shape index (κ2) is 5.51. The minimum absolute atomic E-state index is 0.233. The summed E-state index contributed by atoms with van der Waals surface area (Å²) in [7, 11) is -1.85. The van der Waals surface area contributed by atoms with Crippen LogP contribution in [-0.4, -0.2) is 29.4 Å². The van der Waals surface area contributed by atoms with Crippen LogP contribution in [0.2, 0.25) is 0 Å². The Bertz CT molecular complexity index is 914. The Morgan fingerprint density at radius 1 is 1.18 bits per heavy atom. The predicted octanol–water partition coefficient (Wildman–Crippen LogP) is 1.70. The topological polar surface area (TPSA) is 76.9 Å². The lowest BCUT2D eigenvalue weighted by Gasteiger charge is -2.07. The van der Waals surface area contributed by atoms with E-state index in [1.807, 2.05) is 14.0 Å². The molecular formula is C15H16N4O2S. The van der Waals surface area contributed by atoms with Gasteiger partial charge in [-0.1, -0.05) is 17.7 Å². The Balaban J connectivity index is 2.11. The molecule has 22 heavy (non-hydrogen) atoms. The quantitative estimate of drug-likeness (QED) is 0.792. The van der Waals surface area contributed by atoms with E-state index in [2.05, 4.69) is 15.3 Å². The number of aryl methyl sites for hydroxylation is 1. The summed E-state index contributed by atoms with van der Waals surface area (Å²) < 4.78 is 26.6. The van der Waals surface area contributed by atoms with Gasteiger partial charge in [0, 0.05) is 12.7 Å². The van der Waals surface area contributed by atoms with E-state index in [1.54, 1.807) is 36.5 Å². The molecule has 0 atom stereocenters. The highest BCUT2D eigenvalue weighted by Crippen LogP contribution is 2.20. The molecule has 1 N–H and O–H groups in total. The summed E-state index contributed by atoms with van der Waals surface area (Å²) in [6.07, 6.45) is 3.07. The molecule has 7 heteroatoms. The van der Waals surface area contributed by atoms with Crippen LogP contribution in [0.5, 0.6) is 0 Å². The van der Waals surface area contributed by atoms with Crippen LogP contribution in [0.15, 0.2) is 47.6 Å². The average Bonchev–Trinajstić information content (AvgIpc) is 2.92. The van der Waals surface area contributed by atoms with Crippen molar-refractivity contribution in [1.82, 2.24) is 19.3 Å².